The van der Waals surface area contributed by atoms with Crippen LogP contribution in [0.3, 0.4) is 0 Å². The van der Waals surface area contributed by atoms with E-state index in [1.54, 1.807) is 37.4 Å². The molecule has 0 N–H and O–H groups in total. The van der Waals surface area contributed by atoms with Gasteiger partial charge in [0.05, 0.1) is 26.2 Å². The van der Waals surface area contributed by atoms with Crippen molar-refractivity contribution in [2.75, 3.05) is 54.0 Å². The van der Waals surface area contributed by atoms with Crippen molar-refractivity contribution in [3.8, 4) is 11.5 Å². The average Bonchev–Trinajstić information content (AvgIpc) is 2.85. The fraction of sp³-hybridized carbons (Fsp3) is 0.440. The first-order chi connectivity index (χ1) is 15.9. The Kier molecular flexibility index (Phi) is 6.56. The minimum absolute atomic E-state index is 0.119. The van der Waals surface area contributed by atoms with E-state index in [0.717, 1.165) is 19.6 Å². The number of likely N-dealkylation sites (N-methyl/N-ethyl adjacent to an activating group) is 2. The molecule has 2 heterocycles. The number of halogens is 1. The highest BCUT2D eigenvalue weighted by Crippen LogP contribution is 2.46. The largest absolute Gasteiger partial charge is 0.493 e. The Morgan fingerprint density at radius 3 is 2.27 bits per heavy atom. The summed E-state index contributed by atoms with van der Waals surface area (Å²) in [5, 5.41) is 0. The van der Waals surface area contributed by atoms with Crippen LogP contribution in [0.5, 0.6) is 11.5 Å². The number of fused-ring (bicyclic) bond motifs is 1. The Morgan fingerprint density at radius 2 is 1.67 bits per heavy atom. The number of amides is 2. The average molecular weight is 456 g/mol. The second-order valence-corrected chi connectivity index (χ2v) is 8.41. The van der Waals surface area contributed by atoms with Gasteiger partial charge in [0.2, 0.25) is 5.91 Å². The van der Waals surface area contributed by atoms with Gasteiger partial charge in [-0.15, -0.1) is 0 Å². The van der Waals surface area contributed by atoms with E-state index in [1.807, 2.05) is 4.90 Å². The summed E-state index contributed by atoms with van der Waals surface area (Å²) in [6.07, 6.45) is 0. The molecule has 0 aromatic heterocycles. The minimum Gasteiger partial charge on any atom is -0.493 e. The van der Waals surface area contributed by atoms with Crippen molar-refractivity contribution in [1.29, 1.82) is 0 Å². The summed E-state index contributed by atoms with van der Waals surface area (Å²) in [7, 11) is 4.63. The zero-order chi connectivity index (χ0) is 23.7. The van der Waals surface area contributed by atoms with Crippen molar-refractivity contribution in [3.63, 3.8) is 0 Å². The smallest absolute Gasteiger partial charge is 0.254 e. The van der Waals surface area contributed by atoms with E-state index in [9.17, 15) is 14.0 Å². The van der Waals surface area contributed by atoms with Crippen LogP contribution in [0.4, 0.5) is 4.39 Å². The number of nitrogens with zero attached hydrogens (tertiary/aromatic N) is 3. The van der Waals surface area contributed by atoms with Gasteiger partial charge >= 0.3 is 0 Å². The molecule has 33 heavy (non-hydrogen) atoms. The maximum atomic E-state index is 15.0. The van der Waals surface area contributed by atoms with Gasteiger partial charge in [-0.2, -0.15) is 0 Å². The van der Waals surface area contributed by atoms with E-state index in [2.05, 4.69) is 11.8 Å². The van der Waals surface area contributed by atoms with E-state index in [4.69, 9.17) is 9.47 Å². The van der Waals surface area contributed by atoms with E-state index in [1.165, 1.54) is 25.2 Å². The molecule has 0 radical (unpaired) electrons. The first-order valence-electron chi connectivity index (χ1n) is 11.2. The second kappa shape index (κ2) is 9.39. The maximum Gasteiger partial charge on any atom is 0.254 e. The van der Waals surface area contributed by atoms with Crippen LogP contribution in [-0.2, 0) is 4.79 Å². The van der Waals surface area contributed by atoms with Gasteiger partial charge in [-0.25, -0.2) is 4.39 Å². The number of piperazine rings is 1. The van der Waals surface area contributed by atoms with Gasteiger partial charge in [-0.1, -0.05) is 25.1 Å². The normalized spacial score (nSPS) is 21.1. The molecular weight excluding hydrogens is 425 g/mol. The molecule has 2 amide bonds. The van der Waals surface area contributed by atoms with E-state index < -0.39 is 17.8 Å². The Labute approximate surface area is 193 Å². The summed E-state index contributed by atoms with van der Waals surface area (Å²) in [5.74, 6) is -0.794. The Balaban J connectivity index is 1.86. The van der Waals surface area contributed by atoms with Gasteiger partial charge in [0, 0.05) is 44.4 Å². The van der Waals surface area contributed by atoms with Crippen molar-refractivity contribution < 1.29 is 23.5 Å². The Morgan fingerprint density at radius 1 is 1.03 bits per heavy atom. The third kappa shape index (κ3) is 4.04. The fourth-order valence-electron chi connectivity index (χ4n) is 4.90. The zero-order valence-electron chi connectivity index (χ0n) is 19.5. The molecule has 176 valence electrons. The van der Waals surface area contributed by atoms with Crippen molar-refractivity contribution in [2.24, 2.45) is 0 Å². The van der Waals surface area contributed by atoms with Crippen LogP contribution in [0.15, 0.2) is 36.4 Å². The highest BCUT2D eigenvalue weighted by molar-refractivity contribution is 6.02. The molecule has 7 nitrogen and oxygen atoms in total. The van der Waals surface area contributed by atoms with Gasteiger partial charge in [0.25, 0.3) is 5.91 Å². The summed E-state index contributed by atoms with van der Waals surface area (Å²) in [6.45, 7) is 5.78. The Bertz CT molecular complexity index is 1050. The maximum absolute atomic E-state index is 15.0. The molecule has 1 saturated heterocycles. The van der Waals surface area contributed by atoms with Crippen molar-refractivity contribution in [3.05, 3.63) is 58.9 Å². The molecule has 0 saturated carbocycles. The highest BCUT2D eigenvalue weighted by atomic mass is 19.1. The summed E-state index contributed by atoms with van der Waals surface area (Å²) in [5.41, 5.74) is 1.22. The molecule has 8 heteroatoms. The van der Waals surface area contributed by atoms with Gasteiger partial charge in [-0.3, -0.25) is 9.59 Å². The first-order valence-corrected chi connectivity index (χ1v) is 11.2. The standard InChI is InChI=1S/C25H30FN3O4/c1-5-28-10-12-29(13-11-28)25(31)22-17-14-20(32-3)21(33-4)15-18(17)24(30)27(2)23(22)16-8-6-7-9-19(16)26/h6-9,14-15,22-23H,5,10-13H2,1-4H3/t22-,23+/m0/s1. The lowest BCUT2D eigenvalue weighted by molar-refractivity contribution is -0.136. The van der Waals surface area contributed by atoms with Crippen LogP contribution in [0.25, 0.3) is 0 Å². The zero-order valence-corrected chi connectivity index (χ0v) is 19.5. The van der Waals surface area contributed by atoms with Crippen molar-refractivity contribution in [1.82, 2.24) is 14.7 Å². The van der Waals surface area contributed by atoms with E-state index in [-0.39, 0.29) is 11.8 Å². The van der Waals surface area contributed by atoms with Gasteiger partial charge in [-0.05, 0) is 30.3 Å². The summed E-state index contributed by atoms with van der Waals surface area (Å²) >= 11 is 0. The van der Waals surface area contributed by atoms with Crippen LogP contribution in [-0.4, -0.2) is 80.5 Å². The molecule has 0 aliphatic carbocycles. The first kappa shape index (κ1) is 23.0. The summed E-state index contributed by atoms with van der Waals surface area (Å²) < 4.78 is 25.8. The quantitative estimate of drug-likeness (QED) is 0.694. The predicted octanol–water partition coefficient (Wildman–Crippen LogP) is 2.92. The lowest BCUT2D eigenvalue weighted by atomic mass is 9.78. The Hall–Kier alpha value is -3.13. The summed E-state index contributed by atoms with van der Waals surface area (Å²) in [6, 6.07) is 8.86. The molecule has 0 spiro atoms. The van der Waals surface area contributed by atoms with Gasteiger partial charge < -0.3 is 24.2 Å². The minimum atomic E-state index is -0.777. The molecule has 4 rings (SSSR count). The van der Waals surface area contributed by atoms with Crippen molar-refractivity contribution in [2.45, 2.75) is 18.9 Å². The number of hydrogen-bond acceptors (Lipinski definition) is 5. The van der Waals surface area contributed by atoms with Crippen LogP contribution in [0.1, 0.15) is 40.4 Å². The van der Waals surface area contributed by atoms with Gasteiger partial charge in [0.15, 0.2) is 11.5 Å². The molecule has 2 atom stereocenters. The van der Waals surface area contributed by atoms with Gasteiger partial charge in [0.1, 0.15) is 5.82 Å². The number of rotatable bonds is 5. The molecular formula is C25H30FN3O4. The van der Waals surface area contributed by atoms with Crippen LogP contribution in [0, 0.1) is 5.82 Å². The lowest BCUT2D eigenvalue weighted by Crippen LogP contribution is -2.52. The monoisotopic (exact) mass is 455 g/mol. The third-order valence-electron chi connectivity index (χ3n) is 6.80. The molecule has 2 aliphatic heterocycles. The van der Waals surface area contributed by atoms with Crippen LogP contribution >= 0.6 is 0 Å². The summed E-state index contributed by atoms with van der Waals surface area (Å²) in [4.78, 5) is 33.0. The number of carbonyl (C=O) groups is 2. The van der Waals surface area contributed by atoms with E-state index in [0.29, 0.717) is 41.3 Å². The third-order valence-corrected chi connectivity index (χ3v) is 6.80. The van der Waals surface area contributed by atoms with E-state index >= 15 is 0 Å². The number of ether oxygens (including phenoxy) is 2. The lowest BCUT2D eigenvalue weighted by Gasteiger charge is -2.43. The fourth-order valence-corrected chi connectivity index (χ4v) is 4.90. The number of benzene rings is 2. The molecule has 2 aromatic rings. The molecule has 2 aliphatic rings. The number of hydrogen-bond donors (Lipinski definition) is 0. The molecule has 2 aromatic carbocycles. The molecule has 0 unspecified atom stereocenters. The molecule has 0 bridgehead atoms. The SMILES string of the molecule is CCN1CCN(C(=O)[C@H]2c3cc(OC)c(OC)cc3C(=O)N(C)[C@@H]2c2ccccc2F)CC1. The number of methoxy groups -OCH3 is 2. The number of carbonyl (C=O) groups excluding carboxylic acids is 2. The second-order valence-electron chi connectivity index (χ2n) is 8.41. The highest BCUT2D eigenvalue weighted by Gasteiger charge is 2.46. The van der Waals surface area contributed by atoms with Crippen LogP contribution in [0.2, 0.25) is 0 Å². The topological polar surface area (TPSA) is 62.3 Å². The predicted molar refractivity (Wildman–Crippen MR) is 122 cm³/mol. The molecule has 1 fully saturated rings. The van der Waals surface area contributed by atoms with Crippen molar-refractivity contribution >= 4 is 11.8 Å². The van der Waals surface area contributed by atoms with Crippen LogP contribution < -0.4 is 9.47 Å².